The maximum absolute atomic E-state index is 5.41. The summed E-state index contributed by atoms with van der Waals surface area (Å²) in [5, 5.41) is 0. The second-order valence-corrected chi connectivity index (χ2v) is 4.58. The van der Waals surface area contributed by atoms with Gasteiger partial charge in [0.25, 0.3) is 0 Å². The first-order chi connectivity index (χ1) is 6.02. The van der Waals surface area contributed by atoms with Gasteiger partial charge >= 0.3 is 0 Å². The van der Waals surface area contributed by atoms with Crippen molar-refractivity contribution < 1.29 is 0 Å². The van der Waals surface area contributed by atoms with E-state index in [-0.39, 0.29) is 0 Å². The summed E-state index contributed by atoms with van der Waals surface area (Å²) in [5.74, 6) is 0.790. The standard InChI is InChI=1S/C10H22N2S/c1-9(2)6-8-12(3)7-4-5-10(11)13/h9H,4-8H2,1-3H3,(H2,11,13). The predicted molar refractivity (Wildman–Crippen MR) is 63.0 cm³/mol. The molecule has 2 N–H and O–H groups in total. The van der Waals surface area contributed by atoms with E-state index < -0.39 is 0 Å². The van der Waals surface area contributed by atoms with Crippen LogP contribution >= 0.6 is 12.2 Å². The van der Waals surface area contributed by atoms with Crippen molar-refractivity contribution in [3.05, 3.63) is 0 Å². The van der Waals surface area contributed by atoms with E-state index in [0.29, 0.717) is 4.99 Å². The normalized spacial score (nSPS) is 11.2. The minimum absolute atomic E-state index is 0.636. The third kappa shape index (κ3) is 9.77. The second kappa shape index (κ2) is 7.27. The van der Waals surface area contributed by atoms with Gasteiger partial charge in [0.05, 0.1) is 4.99 Å². The van der Waals surface area contributed by atoms with Crippen LogP contribution in [-0.4, -0.2) is 30.0 Å². The molecule has 0 aliphatic carbocycles. The van der Waals surface area contributed by atoms with Crippen LogP contribution in [0.1, 0.15) is 33.1 Å². The van der Waals surface area contributed by atoms with Gasteiger partial charge in [-0.3, -0.25) is 0 Å². The Morgan fingerprint density at radius 2 is 2.00 bits per heavy atom. The Kier molecular flexibility index (Phi) is 7.19. The van der Waals surface area contributed by atoms with Gasteiger partial charge in [0.1, 0.15) is 0 Å². The molecule has 0 aliphatic heterocycles. The van der Waals surface area contributed by atoms with E-state index in [1.165, 1.54) is 13.0 Å². The van der Waals surface area contributed by atoms with Crippen molar-refractivity contribution >= 4 is 17.2 Å². The average Bonchev–Trinajstić information content (AvgIpc) is 2.00. The molecule has 0 aromatic rings. The summed E-state index contributed by atoms with van der Waals surface area (Å²) in [6, 6.07) is 0. The van der Waals surface area contributed by atoms with Gasteiger partial charge in [0.2, 0.25) is 0 Å². The molecule has 0 heterocycles. The van der Waals surface area contributed by atoms with Crippen LogP contribution in [-0.2, 0) is 0 Å². The number of hydrogen-bond acceptors (Lipinski definition) is 2. The Labute approximate surface area is 87.5 Å². The lowest BCUT2D eigenvalue weighted by molar-refractivity contribution is 0.308. The quantitative estimate of drug-likeness (QED) is 0.641. The molecule has 0 aromatic carbocycles. The average molecular weight is 202 g/mol. The van der Waals surface area contributed by atoms with Gasteiger partial charge in [-0.25, -0.2) is 0 Å². The minimum Gasteiger partial charge on any atom is -0.393 e. The fraction of sp³-hybridized carbons (Fsp3) is 0.900. The highest BCUT2D eigenvalue weighted by Gasteiger charge is 2.00. The number of hydrogen-bond donors (Lipinski definition) is 1. The molecule has 3 heteroatoms. The Balaban J connectivity index is 3.29. The fourth-order valence-corrected chi connectivity index (χ4v) is 1.26. The first kappa shape index (κ1) is 12.8. The molecule has 0 saturated heterocycles. The molecule has 0 saturated carbocycles. The fourth-order valence-electron chi connectivity index (χ4n) is 1.11. The summed E-state index contributed by atoms with van der Waals surface area (Å²) < 4.78 is 0. The van der Waals surface area contributed by atoms with Crippen LogP contribution < -0.4 is 5.73 Å². The predicted octanol–water partition coefficient (Wildman–Crippen LogP) is 2.03. The third-order valence-corrected chi connectivity index (χ3v) is 2.26. The monoisotopic (exact) mass is 202 g/mol. The molecule has 2 nitrogen and oxygen atoms in total. The molecule has 0 spiro atoms. The number of nitrogens with two attached hydrogens (primary N) is 1. The summed E-state index contributed by atoms with van der Waals surface area (Å²) >= 11 is 4.81. The Morgan fingerprint density at radius 3 is 2.46 bits per heavy atom. The Morgan fingerprint density at radius 1 is 1.38 bits per heavy atom. The molecule has 0 radical (unpaired) electrons. The Hall–Kier alpha value is -0.150. The molecule has 0 amide bonds. The van der Waals surface area contributed by atoms with Crippen molar-refractivity contribution in [1.29, 1.82) is 0 Å². The highest BCUT2D eigenvalue weighted by molar-refractivity contribution is 7.80. The molecule has 0 fully saturated rings. The van der Waals surface area contributed by atoms with Crippen LogP contribution in [0.3, 0.4) is 0 Å². The van der Waals surface area contributed by atoms with Crippen molar-refractivity contribution in [2.24, 2.45) is 11.7 Å². The molecule has 0 aliphatic rings. The molecule has 13 heavy (non-hydrogen) atoms. The summed E-state index contributed by atoms with van der Waals surface area (Å²) in [7, 11) is 2.15. The molecule has 0 atom stereocenters. The molecule has 0 rings (SSSR count). The largest absolute Gasteiger partial charge is 0.393 e. The molecule has 0 aromatic heterocycles. The van der Waals surface area contributed by atoms with E-state index >= 15 is 0 Å². The van der Waals surface area contributed by atoms with Crippen LogP contribution in [0.25, 0.3) is 0 Å². The topological polar surface area (TPSA) is 29.3 Å². The molecule has 0 unspecified atom stereocenters. The SMILES string of the molecule is CC(C)CCN(C)CCCC(N)=S. The van der Waals surface area contributed by atoms with Gasteiger partial charge in [-0.05, 0) is 45.3 Å². The summed E-state index contributed by atoms with van der Waals surface area (Å²) in [4.78, 5) is 2.98. The molecule has 0 bridgehead atoms. The minimum atomic E-state index is 0.636. The van der Waals surface area contributed by atoms with Gasteiger partial charge in [-0.15, -0.1) is 0 Å². The number of thiocarbonyl (C=S) groups is 1. The zero-order valence-electron chi connectivity index (χ0n) is 9.05. The maximum Gasteiger partial charge on any atom is 0.0727 e. The van der Waals surface area contributed by atoms with Gasteiger partial charge in [0, 0.05) is 0 Å². The van der Waals surface area contributed by atoms with Gasteiger partial charge in [0.15, 0.2) is 0 Å². The van der Waals surface area contributed by atoms with Crippen LogP contribution in [0.15, 0.2) is 0 Å². The lowest BCUT2D eigenvalue weighted by Crippen LogP contribution is -2.23. The summed E-state index contributed by atoms with van der Waals surface area (Å²) in [6.45, 7) is 6.78. The van der Waals surface area contributed by atoms with Crippen LogP contribution in [0, 0.1) is 5.92 Å². The molecular formula is C10H22N2S. The lowest BCUT2D eigenvalue weighted by atomic mass is 10.1. The van der Waals surface area contributed by atoms with Crippen molar-refractivity contribution in [2.45, 2.75) is 33.1 Å². The van der Waals surface area contributed by atoms with Crippen LogP contribution in [0.2, 0.25) is 0 Å². The van der Waals surface area contributed by atoms with Crippen molar-refractivity contribution in [3.8, 4) is 0 Å². The van der Waals surface area contributed by atoms with Crippen molar-refractivity contribution in [1.82, 2.24) is 4.90 Å². The van der Waals surface area contributed by atoms with E-state index in [1.807, 2.05) is 0 Å². The lowest BCUT2D eigenvalue weighted by Gasteiger charge is -2.17. The smallest absolute Gasteiger partial charge is 0.0727 e. The highest BCUT2D eigenvalue weighted by Crippen LogP contribution is 2.01. The highest BCUT2D eigenvalue weighted by atomic mass is 32.1. The van der Waals surface area contributed by atoms with Gasteiger partial charge in [-0.1, -0.05) is 26.1 Å². The number of nitrogens with zero attached hydrogens (tertiary/aromatic N) is 1. The number of rotatable bonds is 7. The second-order valence-electron chi connectivity index (χ2n) is 4.06. The maximum atomic E-state index is 5.41. The van der Waals surface area contributed by atoms with E-state index in [1.54, 1.807) is 0 Å². The summed E-state index contributed by atoms with van der Waals surface area (Å²) in [6.07, 6.45) is 3.23. The van der Waals surface area contributed by atoms with Crippen LogP contribution in [0.4, 0.5) is 0 Å². The first-order valence-electron chi connectivity index (χ1n) is 4.99. The first-order valence-corrected chi connectivity index (χ1v) is 5.40. The Bertz CT molecular complexity index is 146. The summed E-state index contributed by atoms with van der Waals surface area (Å²) in [5.41, 5.74) is 5.41. The van der Waals surface area contributed by atoms with Gasteiger partial charge < -0.3 is 10.6 Å². The third-order valence-electron chi connectivity index (χ3n) is 2.05. The van der Waals surface area contributed by atoms with E-state index in [2.05, 4.69) is 25.8 Å². The van der Waals surface area contributed by atoms with E-state index in [0.717, 1.165) is 25.3 Å². The van der Waals surface area contributed by atoms with E-state index in [9.17, 15) is 0 Å². The molecular weight excluding hydrogens is 180 g/mol. The zero-order valence-corrected chi connectivity index (χ0v) is 9.86. The van der Waals surface area contributed by atoms with E-state index in [4.69, 9.17) is 18.0 Å². The van der Waals surface area contributed by atoms with Crippen LogP contribution in [0.5, 0.6) is 0 Å². The van der Waals surface area contributed by atoms with Crippen molar-refractivity contribution in [3.63, 3.8) is 0 Å². The zero-order chi connectivity index (χ0) is 10.3. The molecule has 78 valence electrons. The van der Waals surface area contributed by atoms with Gasteiger partial charge in [-0.2, -0.15) is 0 Å². The van der Waals surface area contributed by atoms with Crippen molar-refractivity contribution in [2.75, 3.05) is 20.1 Å².